The molecule has 2 aromatic carbocycles. The number of ether oxygens (including phenoxy) is 1. The molecule has 0 saturated carbocycles. The van der Waals surface area contributed by atoms with E-state index in [1.54, 1.807) is 19.2 Å². The maximum absolute atomic E-state index is 13.5. The number of halogens is 2. The largest absolute Gasteiger partial charge is 0.496 e. The van der Waals surface area contributed by atoms with Gasteiger partial charge in [-0.15, -0.1) is 10.2 Å². The van der Waals surface area contributed by atoms with Crippen LogP contribution in [0.3, 0.4) is 0 Å². The van der Waals surface area contributed by atoms with E-state index in [1.165, 1.54) is 12.1 Å². The Kier molecular flexibility index (Phi) is 4.18. The monoisotopic (exact) mass is 317 g/mol. The Bertz CT molecular complexity index is 821. The summed E-state index contributed by atoms with van der Waals surface area (Å²) in [5, 5.41) is 10.6. The highest BCUT2D eigenvalue weighted by Gasteiger charge is 2.13. The van der Waals surface area contributed by atoms with Gasteiger partial charge in [-0.05, 0) is 24.3 Å². The van der Waals surface area contributed by atoms with Gasteiger partial charge in [0, 0.05) is 6.07 Å². The summed E-state index contributed by atoms with van der Waals surface area (Å²) in [7, 11) is 1.55. The number of aromatic nitrogens is 2. The van der Waals surface area contributed by atoms with Crippen LogP contribution in [0, 0.1) is 11.6 Å². The maximum Gasteiger partial charge on any atom is 0.251 e. The molecule has 3 aromatic rings. The third kappa shape index (κ3) is 3.28. The molecule has 0 fully saturated rings. The fraction of sp³-hybridized carbons (Fsp3) is 0.125. The smallest absolute Gasteiger partial charge is 0.251 e. The molecule has 0 aliphatic heterocycles. The van der Waals surface area contributed by atoms with Gasteiger partial charge in [-0.3, -0.25) is 0 Å². The topological polar surface area (TPSA) is 60.2 Å². The van der Waals surface area contributed by atoms with Crippen LogP contribution < -0.4 is 10.1 Å². The second-order valence-electron chi connectivity index (χ2n) is 4.68. The summed E-state index contributed by atoms with van der Waals surface area (Å²) in [6.45, 7) is 0.116. The Morgan fingerprint density at radius 1 is 1.13 bits per heavy atom. The molecule has 3 rings (SSSR count). The number of benzene rings is 2. The molecule has 23 heavy (non-hydrogen) atoms. The van der Waals surface area contributed by atoms with Gasteiger partial charge in [0.2, 0.25) is 5.89 Å². The zero-order valence-electron chi connectivity index (χ0n) is 12.2. The summed E-state index contributed by atoms with van der Waals surface area (Å²) in [5.74, 6) is -0.132. The van der Waals surface area contributed by atoms with Crippen molar-refractivity contribution in [2.24, 2.45) is 0 Å². The third-order valence-electron chi connectivity index (χ3n) is 3.17. The summed E-state index contributed by atoms with van der Waals surface area (Å²) in [5.41, 5.74) is 0.824. The third-order valence-corrected chi connectivity index (χ3v) is 3.17. The maximum atomic E-state index is 13.5. The Morgan fingerprint density at radius 3 is 2.74 bits per heavy atom. The van der Waals surface area contributed by atoms with E-state index in [0.29, 0.717) is 17.2 Å². The van der Waals surface area contributed by atoms with Crippen molar-refractivity contribution in [1.29, 1.82) is 0 Å². The number of nitrogens with zero attached hydrogens (tertiary/aromatic N) is 2. The van der Waals surface area contributed by atoms with Crippen LogP contribution in [-0.4, -0.2) is 17.3 Å². The Hall–Kier alpha value is -2.96. The lowest BCUT2D eigenvalue weighted by molar-refractivity contribution is 0.413. The van der Waals surface area contributed by atoms with Gasteiger partial charge in [-0.1, -0.05) is 12.1 Å². The molecule has 0 aliphatic carbocycles. The van der Waals surface area contributed by atoms with Gasteiger partial charge in [-0.25, -0.2) is 8.78 Å². The van der Waals surface area contributed by atoms with E-state index in [1.807, 2.05) is 12.1 Å². The molecule has 5 nitrogen and oxygen atoms in total. The first-order valence-electron chi connectivity index (χ1n) is 6.82. The number of hydrogen-bond acceptors (Lipinski definition) is 5. The van der Waals surface area contributed by atoms with Gasteiger partial charge in [0.15, 0.2) is 0 Å². The van der Waals surface area contributed by atoms with Gasteiger partial charge in [-0.2, -0.15) is 0 Å². The normalized spacial score (nSPS) is 10.6. The molecule has 1 aromatic heterocycles. The van der Waals surface area contributed by atoms with Crippen LogP contribution in [0.1, 0.15) is 5.89 Å². The minimum Gasteiger partial charge on any atom is -0.496 e. The predicted octanol–water partition coefficient (Wildman–Crippen LogP) is 3.64. The number of anilines is 1. The van der Waals surface area contributed by atoms with Crippen molar-refractivity contribution >= 4 is 5.69 Å². The molecule has 0 atom stereocenters. The average Bonchev–Trinajstić information content (AvgIpc) is 3.03. The first-order valence-corrected chi connectivity index (χ1v) is 6.82. The molecule has 0 aliphatic rings. The lowest BCUT2D eigenvalue weighted by atomic mass is 10.2. The Balaban J connectivity index is 1.75. The number of para-hydroxylation sites is 1. The molecule has 0 spiro atoms. The van der Waals surface area contributed by atoms with Crippen molar-refractivity contribution in [2.45, 2.75) is 6.54 Å². The molecule has 118 valence electrons. The molecule has 1 N–H and O–H groups in total. The highest BCUT2D eigenvalue weighted by molar-refractivity contribution is 5.62. The van der Waals surface area contributed by atoms with E-state index in [0.717, 1.165) is 6.07 Å². The summed E-state index contributed by atoms with van der Waals surface area (Å²) >= 11 is 0. The van der Waals surface area contributed by atoms with Gasteiger partial charge < -0.3 is 14.5 Å². The van der Waals surface area contributed by atoms with Crippen LogP contribution in [0.5, 0.6) is 5.75 Å². The fourth-order valence-electron chi connectivity index (χ4n) is 2.06. The standard InChI is InChI=1S/C16H13F2N3O2/c1-22-14-5-3-2-4-11(14)16-21-20-15(23-16)9-19-13-7-6-10(17)8-12(13)18/h2-8,19H,9H2,1H3. The highest BCUT2D eigenvalue weighted by Crippen LogP contribution is 2.28. The Labute approximate surface area is 130 Å². The van der Waals surface area contributed by atoms with Crippen LogP contribution in [0.4, 0.5) is 14.5 Å². The van der Waals surface area contributed by atoms with Crippen LogP contribution in [0.15, 0.2) is 46.9 Å². The lowest BCUT2D eigenvalue weighted by Crippen LogP contribution is -2.02. The second-order valence-corrected chi connectivity index (χ2v) is 4.68. The number of hydrogen-bond donors (Lipinski definition) is 1. The molecule has 0 amide bonds. The van der Waals surface area contributed by atoms with Gasteiger partial charge in [0.25, 0.3) is 5.89 Å². The van der Waals surface area contributed by atoms with Gasteiger partial charge in [0.05, 0.1) is 24.9 Å². The van der Waals surface area contributed by atoms with Crippen molar-refractivity contribution in [3.05, 3.63) is 60.0 Å². The van der Waals surface area contributed by atoms with Crippen molar-refractivity contribution in [3.63, 3.8) is 0 Å². The molecular weight excluding hydrogens is 304 g/mol. The van der Waals surface area contributed by atoms with Crippen LogP contribution in [0.2, 0.25) is 0 Å². The highest BCUT2D eigenvalue weighted by atomic mass is 19.1. The SMILES string of the molecule is COc1ccccc1-c1nnc(CNc2ccc(F)cc2F)o1. The number of methoxy groups -OCH3 is 1. The molecule has 0 bridgehead atoms. The zero-order valence-corrected chi connectivity index (χ0v) is 12.2. The fourth-order valence-corrected chi connectivity index (χ4v) is 2.06. The minimum atomic E-state index is -0.686. The molecule has 0 saturated heterocycles. The van der Waals surface area contributed by atoms with E-state index in [9.17, 15) is 8.78 Å². The first kappa shape index (κ1) is 15.0. The van der Waals surface area contributed by atoms with Crippen molar-refractivity contribution in [3.8, 4) is 17.2 Å². The minimum absolute atomic E-state index is 0.116. The van der Waals surface area contributed by atoms with Crippen molar-refractivity contribution in [2.75, 3.05) is 12.4 Å². The quantitative estimate of drug-likeness (QED) is 0.778. The molecule has 1 heterocycles. The van der Waals surface area contributed by atoms with Crippen LogP contribution in [0.25, 0.3) is 11.5 Å². The number of nitrogens with one attached hydrogen (secondary N) is 1. The molecule has 0 radical (unpaired) electrons. The molecule has 7 heteroatoms. The van der Waals surface area contributed by atoms with Crippen molar-refractivity contribution < 1.29 is 17.9 Å². The average molecular weight is 317 g/mol. The van der Waals surface area contributed by atoms with E-state index in [4.69, 9.17) is 9.15 Å². The lowest BCUT2D eigenvalue weighted by Gasteiger charge is -2.05. The van der Waals surface area contributed by atoms with E-state index >= 15 is 0 Å². The van der Waals surface area contributed by atoms with Crippen molar-refractivity contribution in [1.82, 2.24) is 10.2 Å². The summed E-state index contributed by atoms with van der Waals surface area (Å²) in [4.78, 5) is 0. The molecule has 0 unspecified atom stereocenters. The summed E-state index contributed by atoms with van der Waals surface area (Å²) < 4.78 is 37.2. The summed E-state index contributed by atoms with van der Waals surface area (Å²) in [6, 6.07) is 10.5. The van der Waals surface area contributed by atoms with E-state index < -0.39 is 11.6 Å². The summed E-state index contributed by atoms with van der Waals surface area (Å²) in [6.07, 6.45) is 0. The van der Waals surface area contributed by atoms with Crippen LogP contribution in [-0.2, 0) is 6.54 Å². The number of rotatable bonds is 5. The second kappa shape index (κ2) is 6.43. The van der Waals surface area contributed by atoms with Crippen LogP contribution >= 0.6 is 0 Å². The molecular formula is C16H13F2N3O2. The van der Waals surface area contributed by atoms with Gasteiger partial charge >= 0.3 is 0 Å². The van der Waals surface area contributed by atoms with E-state index in [2.05, 4.69) is 15.5 Å². The first-order chi connectivity index (χ1) is 11.2. The van der Waals surface area contributed by atoms with Gasteiger partial charge in [0.1, 0.15) is 17.4 Å². The predicted molar refractivity (Wildman–Crippen MR) is 80.0 cm³/mol. The Morgan fingerprint density at radius 2 is 1.96 bits per heavy atom. The zero-order chi connectivity index (χ0) is 16.2. The van der Waals surface area contributed by atoms with E-state index in [-0.39, 0.29) is 18.1 Å².